The summed E-state index contributed by atoms with van der Waals surface area (Å²) in [6, 6.07) is 1.07. The predicted octanol–water partition coefficient (Wildman–Crippen LogP) is 3.48. The van der Waals surface area contributed by atoms with Crippen molar-refractivity contribution < 1.29 is 4.52 Å². The molecule has 0 aromatic heterocycles. The third-order valence-corrected chi connectivity index (χ3v) is 4.26. The van der Waals surface area contributed by atoms with Crippen LogP contribution in [0.3, 0.4) is 0 Å². The molecule has 0 amide bonds. The maximum atomic E-state index is 5.82. The van der Waals surface area contributed by atoms with Gasteiger partial charge in [-0.15, -0.1) is 12.3 Å². The third-order valence-electron chi connectivity index (χ3n) is 2.13. The van der Waals surface area contributed by atoms with Gasteiger partial charge in [0.05, 0.1) is 6.61 Å². The lowest BCUT2D eigenvalue weighted by atomic mass is 10.3. The molecule has 0 saturated carbocycles. The number of hydrogen-bond donors (Lipinski definition) is 0. The van der Waals surface area contributed by atoms with E-state index >= 15 is 0 Å². The Morgan fingerprint density at radius 2 is 1.80 bits per heavy atom. The lowest BCUT2D eigenvalue weighted by Gasteiger charge is -2.35. The molecular weight excluding hydrogens is 205 g/mol. The first kappa shape index (κ1) is 14.9. The minimum atomic E-state index is -0.475. The first-order chi connectivity index (χ1) is 7.00. The van der Waals surface area contributed by atoms with Gasteiger partial charge < -0.3 is 4.52 Å². The topological polar surface area (TPSA) is 12.5 Å². The molecule has 0 aromatic carbocycles. The third kappa shape index (κ3) is 6.15. The Balaban J connectivity index is 3.94. The second-order valence-electron chi connectivity index (χ2n) is 4.17. The molecule has 0 unspecified atom stereocenters. The fraction of sp³-hybridized carbons (Fsp3) is 0.833. The molecule has 0 fully saturated rings. The smallest absolute Gasteiger partial charge is 0.101 e. The molecule has 0 saturated heterocycles. The van der Waals surface area contributed by atoms with Gasteiger partial charge in [-0.1, -0.05) is 0 Å². The van der Waals surface area contributed by atoms with Crippen molar-refractivity contribution in [2.45, 2.75) is 52.6 Å². The van der Waals surface area contributed by atoms with E-state index in [9.17, 15) is 0 Å². The van der Waals surface area contributed by atoms with Gasteiger partial charge in [-0.3, -0.25) is 4.67 Å². The number of unbranched alkanes of at least 4 members (excludes halogenated alkanes) is 1. The van der Waals surface area contributed by atoms with E-state index in [1.54, 1.807) is 0 Å². The highest BCUT2D eigenvalue weighted by Crippen LogP contribution is 2.40. The van der Waals surface area contributed by atoms with Gasteiger partial charge in [-0.25, -0.2) is 0 Å². The van der Waals surface area contributed by atoms with Crippen LogP contribution < -0.4 is 0 Å². The minimum Gasteiger partial charge on any atom is -0.344 e. The van der Waals surface area contributed by atoms with Crippen LogP contribution in [0.4, 0.5) is 0 Å². The normalized spacial score (nSPS) is 13.5. The summed E-state index contributed by atoms with van der Waals surface area (Å²) in [5.41, 5.74) is 0. The van der Waals surface area contributed by atoms with Gasteiger partial charge in [0, 0.05) is 18.5 Å². The maximum absolute atomic E-state index is 5.82. The van der Waals surface area contributed by atoms with Crippen LogP contribution in [0.2, 0.25) is 0 Å². The molecular formula is C12H24NOP. The zero-order chi connectivity index (χ0) is 11.8. The van der Waals surface area contributed by atoms with Crippen molar-refractivity contribution in [1.29, 1.82) is 0 Å². The van der Waals surface area contributed by atoms with Crippen LogP contribution in [-0.2, 0) is 4.52 Å². The van der Waals surface area contributed by atoms with Crippen molar-refractivity contribution in [1.82, 2.24) is 4.67 Å². The Hall–Kier alpha value is -0.0900. The molecule has 0 spiro atoms. The van der Waals surface area contributed by atoms with Gasteiger partial charge in [-0.2, -0.15) is 0 Å². The van der Waals surface area contributed by atoms with Crippen LogP contribution in [0.25, 0.3) is 0 Å². The SMILES string of the molecule is C#CCCCO[P@@](C)N(C(C)C)C(C)C. The molecule has 0 rings (SSSR count). The summed E-state index contributed by atoms with van der Waals surface area (Å²) in [7, 11) is -0.475. The van der Waals surface area contributed by atoms with E-state index in [-0.39, 0.29) is 0 Å². The van der Waals surface area contributed by atoms with Crippen LogP contribution >= 0.6 is 8.30 Å². The Morgan fingerprint density at radius 1 is 1.27 bits per heavy atom. The highest BCUT2D eigenvalue weighted by molar-refractivity contribution is 7.49. The average molecular weight is 229 g/mol. The van der Waals surface area contributed by atoms with Crippen LogP contribution in [-0.4, -0.2) is 30.0 Å². The monoisotopic (exact) mass is 229 g/mol. The van der Waals surface area contributed by atoms with Gasteiger partial charge in [0.25, 0.3) is 0 Å². The molecule has 0 aliphatic heterocycles. The molecule has 0 heterocycles. The number of rotatable bonds is 7. The molecule has 0 bridgehead atoms. The lowest BCUT2D eigenvalue weighted by Crippen LogP contribution is -2.32. The Kier molecular flexibility index (Phi) is 8.06. The van der Waals surface area contributed by atoms with Gasteiger partial charge in [0.2, 0.25) is 0 Å². The molecule has 0 N–H and O–H groups in total. The van der Waals surface area contributed by atoms with Crippen molar-refractivity contribution in [3.8, 4) is 12.3 Å². The molecule has 0 aliphatic carbocycles. The van der Waals surface area contributed by atoms with Crippen molar-refractivity contribution >= 4 is 8.30 Å². The first-order valence-electron chi connectivity index (χ1n) is 5.59. The van der Waals surface area contributed by atoms with Crippen LogP contribution in [0.15, 0.2) is 0 Å². The largest absolute Gasteiger partial charge is 0.344 e. The summed E-state index contributed by atoms with van der Waals surface area (Å²) in [6.07, 6.45) is 6.97. The molecule has 0 aliphatic rings. The Labute approximate surface area is 96.3 Å². The highest BCUT2D eigenvalue weighted by Gasteiger charge is 2.20. The number of terminal acetylenes is 1. The fourth-order valence-electron chi connectivity index (χ4n) is 1.68. The Morgan fingerprint density at radius 3 is 2.20 bits per heavy atom. The predicted molar refractivity (Wildman–Crippen MR) is 69.0 cm³/mol. The molecule has 1 atom stereocenters. The van der Waals surface area contributed by atoms with Gasteiger partial charge in [0.15, 0.2) is 0 Å². The summed E-state index contributed by atoms with van der Waals surface area (Å²) < 4.78 is 8.25. The zero-order valence-corrected chi connectivity index (χ0v) is 11.6. The van der Waals surface area contributed by atoms with Gasteiger partial charge in [-0.05, 0) is 40.8 Å². The van der Waals surface area contributed by atoms with Crippen molar-refractivity contribution in [2.24, 2.45) is 0 Å². The zero-order valence-electron chi connectivity index (χ0n) is 10.7. The Bertz CT molecular complexity index is 190. The highest BCUT2D eigenvalue weighted by atomic mass is 31.2. The van der Waals surface area contributed by atoms with Crippen LogP contribution in [0, 0.1) is 12.3 Å². The summed E-state index contributed by atoms with van der Waals surface area (Å²) in [5, 5.41) is 0. The first-order valence-corrected chi connectivity index (χ1v) is 7.25. The molecule has 15 heavy (non-hydrogen) atoms. The van der Waals surface area contributed by atoms with E-state index in [0.717, 1.165) is 19.4 Å². The fourth-order valence-corrected chi connectivity index (χ4v) is 3.51. The summed E-state index contributed by atoms with van der Waals surface area (Å²) in [4.78, 5) is 0. The van der Waals surface area contributed by atoms with E-state index in [4.69, 9.17) is 10.9 Å². The minimum absolute atomic E-state index is 0.475. The van der Waals surface area contributed by atoms with E-state index in [2.05, 4.69) is 45.0 Å². The van der Waals surface area contributed by atoms with E-state index < -0.39 is 8.30 Å². The average Bonchev–Trinajstić information content (AvgIpc) is 2.11. The molecule has 88 valence electrons. The lowest BCUT2D eigenvalue weighted by molar-refractivity contribution is 0.255. The van der Waals surface area contributed by atoms with Crippen molar-refractivity contribution in [3.05, 3.63) is 0 Å². The van der Waals surface area contributed by atoms with Crippen molar-refractivity contribution in [2.75, 3.05) is 13.3 Å². The second-order valence-corrected chi connectivity index (χ2v) is 5.82. The van der Waals surface area contributed by atoms with Crippen LogP contribution in [0.1, 0.15) is 40.5 Å². The molecule has 3 heteroatoms. The molecule has 0 aromatic rings. The molecule has 2 nitrogen and oxygen atoms in total. The number of hydrogen-bond acceptors (Lipinski definition) is 2. The molecule has 0 radical (unpaired) electrons. The summed E-state index contributed by atoms with van der Waals surface area (Å²) >= 11 is 0. The van der Waals surface area contributed by atoms with Crippen molar-refractivity contribution in [3.63, 3.8) is 0 Å². The summed E-state index contributed by atoms with van der Waals surface area (Å²) in [6.45, 7) is 11.8. The van der Waals surface area contributed by atoms with Gasteiger partial charge >= 0.3 is 0 Å². The maximum Gasteiger partial charge on any atom is 0.101 e. The summed E-state index contributed by atoms with van der Waals surface area (Å²) in [5.74, 6) is 2.63. The second kappa shape index (κ2) is 8.11. The van der Waals surface area contributed by atoms with E-state index in [0.29, 0.717) is 12.1 Å². The standard InChI is InChI=1S/C12H24NOP/c1-7-8-9-10-14-15(6)13(11(2)3)12(4)5/h1,11-12H,8-10H2,2-6H3/t15-/m0/s1. The van der Waals surface area contributed by atoms with E-state index in [1.807, 2.05) is 0 Å². The quantitative estimate of drug-likeness (QED) is 0.376. The van der Waals surface area contributed by atoms with Crippen LogP contribution in [0.5, 0.6) is 0 Å². The number of nitrogens with zero attached hydrogens (tertiary/aromatic N) is 1. The van der Waals surface area contributed by atoms with E-state index in [1.165, 1.54) is 0 Å². The van der Waals surface area contributed by atoms with Gasteiger partial charge in [0.1, 0.15) is 8.30 Å².